The minimum absolute atomic E-state index is 0.742. The second-order valence-corrected chi connectivity index (χ2v) is 6.02. The molecule has 96 valence electrons. The van der Waals surface area contributed by atoms with Gasteiger partial charge in [-0.15, -0.1) is 0 Å². The first-order chi connectivity index (χ1) is 8.41. The number of benzene rings is 1. The molecule has 18 heavy (non-hydrogen) atoms. The molecule has 2 rings (SSSR count). The highest BCUT2D eigenvalue weighted by atomic mass is 35.5. The summed E-state index contributed by atoms with van der Waals surface area (Å²) in [6.45, 7) is 3.91. The van der Waals surface area contributed by atoms with Crippen LogP contribution in [0.1, 0.15) is 11.1 Å². The molecule has 0 spiro atoms. The van der Waals surface area contributed by atoms with Crippen molar-refractivity contribution in [2.24, 2.45) is 7.05 Å². The zero-order chi connectivity index (χ0) is 13.4. The maximum Gasteiger partial charge on any atom is 0.128 e. The van der Waals surface area contributed by atoms with Gasteiger partial charge in [-0.05, 0) is 31.5 Å². The predicted octanol–water partition coefficient (Wildman–Crippen LogP) is 3.09. The molecule has 1 heterocycles. The van der Waals surface area contributed by atoms with Gasteiger partial charge in [0.25, 0.3) is 0 Å². The zero-order valence-electron chi connectivity index (χ0n) is 10.8. The van der Waals surface area contributed by atoms with E-state index in [0.29, 0.717) is 0 Å². The van der Waals surface area contributed by atoms with E-state index in [1.54, 1.807) is 10.9 Å². The Morgan fingerprint density at radius 3 is 2.50 bits per heavy atom. The number of aryl methyl sites for hydroxylation is 2. The zero-order valence-corrected chi connectivity index (χ0v) is 12.4. The lowest BCUT2D eigenvalue weighted by Gasteiger charge is -2.02. The average molecular weight is 283 g/mol. The van der Waals surface area contributed by atoms with Gasteiger partial charge in [0.2, 0.25) is 0 Å². The van der Waals surface area contributed by atoms with Gasteiger partial charge in [0.1, 0.15) is 5.03 Å². The van der Waals surface area contributed by atoms with E-state index in [9.17, 15) is 4.21 Å². The SMILES string of the molecule is Cc1cc(-c2nn(C)c(S(C)=O)c2C)ccc1Cl. The van der Waals surface area contributed by atoms with E-state index in [1.165, 1.54) is 0 Å². The van der Waals surface area contributed by atoms with Crippen LogP contribution in [0.15, 0.2) is 23.2 Å². The summed E-state index contributed by atoms with van der Waals surface area (Å²) in [6.07, 6.45) is 1.67. The summed E-state index contributed by atoms with van der Waals surface area (Å²) >= 11 is 6.02. The molecule has 0 aliphatic rings. The molecule has 0 bridgehead atoms. The molecule has 1 unspecified atom stereocenters. The predicted molar refractivity (Wildman–Crippen MR) is 75.5 cm³/mol. The summed E-state index contributed by atoms with van der Waals surface area (Å²) in [6, 6.07) is 5.80. The van der Waals surface area contributed by atoms with Gasteiger partial charge < -0.3 is 0 Å². The summed E-state index contributed by atoms with van der Waals surface area (Å²) in [5.41, 5.74) is 3.84. The van der Waals surface area contributed by atoms with Crippen molar-refractivity contribution in [1.29, 1.82) is 0 Å². The summed E-state index contributed by atoms with van der Waals surface area (Å²) in [5, 5.41) is 5.96. The fourth-order valence-electron chi connectivity index (χ4n) is 2.08. The minimum Gasteiger partial charge on any atom is -0.259 e. The molecule has 0 aliphatic heterocycles. The minimum atomic E-state index is -1.04. The Labute approximate surface area is 114 Å². The molecular formula is C13H15ClN2OS. The van der Waals surface area contributed by atoms with Gasteiger partial charge in [-0.2, -0.15) is 5.10 Å². The van der Waals surface area contributed by atoms with E-state index in [-0.39, 0.29) is 0 Å². The second kappa shape index (κ2) is 4.86. The quantitative estimate of drug-likeness (QED) is 0.848. The maximum atomic E-state index is 11.7. The topological polar surface area (TPSA) is 34.9 Å². The van der Waals surface area contributed by atoms with E-state index in [4.69, 9.17) is 11.6 Å². The molecule has 1 aromatic carbocycles. The van der Waals surface area contributed by atoms with Crippen LogP contribution in [0.4, 0.5) is 0 Å². The van der Waals surface area contributed by atoms with Crippen molar-refractivity contribution in [2.75, 3.05) is 6.26 Å². The summed E-state index contributed by atoms with van der Waals surface area (Å²) < 4.78 is 13.4. The van der Waals surface area contributed by atoms with Crippen LogP contribution in [-0.4, -0.2) is 20.2 Å². The number of aromatic nitrogens is 2. The van der Waals surface area contributed by atoms with Gasteiger partial charge in [0, 0.05) is 29.5 Å². The third kappa shape index (κ3) is 2.22. The van der Waals surface area contributed by atoms with Gasteiger partial charge in [-0.25, -0.2) is 0 Å². The fraction of sp³-hybridized carbons (Fsp3) is 0.308. The number of hydrogen-bond donors (Lipinski definition) is 0. The highest BCUT2D eigenvalue weighted by molar-refractivity contribution is 7.84. The van der Waals surface area contributed by atoms with Crippen LogP contribution < -0.4 is 0 Å². The number of rotatable bonds is 2. The van der Waals surface area contributed by atoms with Crippen LogP contribution in [0, 0.1) is 13.8 Å². The Morgan fingerprint density at radius 1 is 1.33 bits per heavy atom. The molecule has 1 aromatic heterocycles. The number of halogens is 1. The number of nitrogens with zero attached hydrogens (tertiary/aromatic N) is 2. The lowest BCUT2D eigenvalue weighted by Crippen LogP contribution is -2.00. The molecule has 0 aliphatic carbocycles. The molecule has 1 atom stereocenters. The smallest absolute Gasteiger partial charge is 0.128 e. The van der Waals surface area contributed by atoms with E-state index in [1.807, 2.05) is 39.1 Å². The molecule has 0 saturated carbocycles. The van der Waals surface area contributed by atoms with Crippen LogP contribution in [-0.2, 0) is 17.8 Å². The van der Waals surface area contributed by atoms with Gasteiger partial charge >= 0.3 is 0 Å². The molecular weight excluding hydrogens is 268 g/mol. The number of hydrogen-bond acceptors (Lipinski definition) is 2. The van der Waals surface area contributed by atoms with Crippen molar-refractivity contribution < 1.29 is 4.21 Å². The first-order valence-corrected chi connectivity index (χ1v) is 7.49. The van der Waals surface area contributed by atoms with E-state index >= 15 is 0 Å². The van der Waals surface area contributed by atoms with Gasteiger partial charge in [-0.1, -0.05) is 17.7 Å². The van der Waals surface area contributed by atoms with Crippen molar-refractivity contribution in [1.82, 2.24) is 9.78 Å². The largest absolute Gasteiger partial charge is 0.259 e. The van der Waals surface area contributed by atoms with E-state index < -0.39 is 10.8 Å². The van der Waals surface area contributed by atoms with Gasteiger partial charge in [0.05, 0.1) is 16.5 Å². The average Bonchev–Trinajstić information content (AvgIpc) is 2.58. The molecule has 5 heteroatoms. The Hall–Kier alpha value is -1.13. The summed E-state index contributed by atoms with van der Waals surface area (Å²) in [7, 11) is 0.775. The highest BCUT2D eigenvalue weighted by Crippen LogP contribution is 2.28. The van der Waals surface area contributed by atoms with Crippen LogP contribution in [0.2, 0.25) is 5.02 Å². The second-order valence-electron chi connectivity index (χ2n) is 4.32. The van der Waals surface area contributed by atoms with Crippen LogP contribution >= 0.6 is 11.6 Å². The summed E-state index contributed by atoms with van der Waals surface area (Å²) in [5.74, 6) is 0. The molecule has 0 fully saturated rings. The van der Waals surface area contributed by atoms with Gasteiger partial charge in [-0.3, -0.25) is 8.89 Å². The first kappa shape index (κ1) is 13.3. The lowest BCUT2D eigenvalue weighted by atomic mass is 10.1. The van der Waals surface area contributed by atoms with Crippen LogP contribution in [0.5, 0.6) is 0 Å². The molecule has 3 nitrogen and oxygen atoms in total. The fourth-order valence-corrected chi connectivity index (χ4v) is 3.14. The van der Waals surface area contributed by atoms with E-state index in [0.717, 1.165) is 32.4 Å². The first-order valence-electron chi connectivity index (χ1n) is 5.55. The monoisotopic (exact) mass is 282 g/mol. The third-order valence-corrected chi connectivity index (χ3v) is 4.46. The van der Waals surface area contributed by atoms with Crippen LogP contribution in [0.25, 0.3) is 11.3 Å². The maximum absolute atomic E-state index is 11.7. The third-order valence-electron chi connectivity index (χ3n) is 2.92. The Kier molecular flexibility index (Phi) is 3.59. The molecule has 2 aromatic rings. The van der Waals surface area contributed by atoms with E-state index in [2.05, 4.69) is 5.10 Å². The van der Waals surface area contributed by atoms with Crippen molar-refractivity contribution in [3.8, 4) is 11.3 Å². The summed E-state index contributed by atoms with van der Waals surface area (Å²) in [4.78, 5) is 0. The molecule has 0 N–H and O–H groups in total. The standard InChI is InChI=1S/C13H15ClN2OS/c1-8-7-10(5-6-11(8)14)12-9(2)13(18(4)17)16(3)15-12/h5-7H,1-4H3. The van der Waals surface area contributed by atoms with Crippen molar-refractivity contribution in [2.45, 2.75) is 18.9 Å². The normalized spacial score (nSPS) is 12.7. The van der Waals surface area contributed by atoms with Crippen molar-refractivity contribution >= 4 is 22.4 Å². The van der Waals surface area contributed by atoms with Gasteiger partial charge in [0.15, 0.2) is 0 Å². The Balaban J connectivity index is 2.61. The van der Waals surface area contributed by atoms with Crippen molar-refractivity contribution in [3.63, 3.8) is 0 Å². The highest BCUT2D eigenvalue weighted by Gasteiger charge is 2.16. The Morgan fingerprint density at radius 2 is 2.00 bits per heavy atom. The molecule has 0 amide bonds. The Bertz CT molecular complexity index is 634. The molecule has 0 radical (unpaired) electrons. The van der Waals surface area contributed by atoms with Crippen LogP contribution in [0.3, 0.4) is 0 Å². The molecule has 0 saturated heterocycles. The lowest BCUT2D eigenvalue weighted by molar-refractivity contribution is 0.654. The van der Waals surface area contributed by atoms with Crippen molar-refractivity contribution in [3.05, 3.63) is 34.3 Å².